The molecule has 0 aromatic carbocycles. The zero-order chi connectivity index (χ0) is 16.4. The second-order valence-electron chi connectivity index (χ2n) is 5.51. The van der Waals surface area contributed by atoms with Gasteiger partial charge in [0.25, 0.3) is 5.91 Å². The van der Waals surface area contributed by atoms with Gasteiger partial charge in [-0.25, -0.2) is 9.07 Å². The Balaban J connectivity index is 1.78. The van der Waals surface area contributed by atoms with Crippen molar-refractivity contribution in [1.29, 1.82) is 0 Å². The fourth-order valence-corrected chi connectivity index (χ4v) is 3.45. The van der Waals surface area contributed by atoms with Crippen molar-refractivity contribution >= 4 is 58.6 Å². The van der Waals surface area contributed by atoms with Crippen molar-refractivity contribution in [2.24, 2.45) is 0 Å². The maximum Gasteiger partial charge on any atom is 0.272 e. The molecular formula is C14H17BrN4O2S2. The Hall–Kier alpha value is -0.770. The lowest BCUT2D eigenvalue weighted by molar-refractivity contribution is 0.0733. The minimum Gasteiger partial charge on any atom is -0.334 e. The van der Waals surface area contributed by atoms with Crippen LogP contribution in [0.25, 0.3) is 11.0 Å². The summed E-state index contributed by atoms with van der Waals surface area (Å²) in [5.41, 5.74) is 1.85. The first-order chi connectivity index (χ1) is 11.1. The van der Waals surface area contributed by atoms with Crippen LogP contribution < -0.4 is 0 Å². The number of hydrogen-bond acceptors (Lipinski definition) is 6. The van der Waals surface area contributed by atoms with E-state index in [1.165, 1.54) is 4.09 Å². The third kappa shape index (κ3) is 3.84. The summed E-state index contributed by atoms with van der Waals surface area (Å²) in [6, 6.07) is 3.89. The van der Waals surface area contributed by atoms with Crippen LogP contribution in [0.3, 0.4) is 0 Å². The summed E-state index contributed by atoms with van der Waals surface area (Å²) in [4.78, 5) is 19.2. The van der Waals surface area contributed by atoms with Crippen LogP contribution in [0.2, 0.25) is 0 Å². The van der Waals surface area contributed by atoms with Crippen molar-refractivity contribution in [1.82, 2.24) is 19.1 Å². The molecule has 9 heteroatoms. The predicted octanol–water partition coefficient (Wildman–Crippen LogP) is 3.13. The predicted molar refractivity (Wildman–Crippen MR) is 97.8 cm³/mol. The SMILES string of the molecule is O=C(c1ccc2c(n1)c(Br)nn2S)N(CCCCOS)C1CC1. The lowest BCUT2D eigenvalue weighted by Crippen LogP contribution is -2.34. The third-order valence-electron chi connectivity index (χ3n) is 3.82. The van der Waals surface area contributed by atoms with E-state index in [4.69, 9.17) is 4.18 Å². The normalized spacial score (nSPS) is 14.4. The number of thiol groups is 2. The fourth-order valence-electron chi connectivity index (χ4n) is 2.50. The number of unbranched alkanes of at least 4 members (excludes halogenated alkanes) is 1. The lowest BCUT2D eigenvalue weighted by atomic mass is 10.2. The number of pyridine rings is 1. The number of hydrogen-bond donors (Lipinski definition) is 2. The van der Waals surface area contributed by atoms with Gasteiger partial charge in [0.1, 0.15) is 16.7 Å². The number of nitrogens with zero attached hydrogens (tertiary/aromatic N) is 4. The van der Waals surface area contributed by atoms with Crippen molar-refractivity contribution in [3.63, 3.8) is 0 Å². The molecule has 23 heavy (non-hydrogen) atoms. The molecular weight excluding hydrogens is 400 g/mol. The minimum atomic E-state index is -0.0278. The van der Waals surface area contributed by atoms with Crippen LogP contribution >= 0.6 is 41.7 Å². The van der Waals surface area contributed by atoms with E-state index in [9.17, 15) is 4.79 Å². The van der Waals surface area contributed by atoms with Crippen molar-refractivity contribution in [2.45, 2.75) is 31.7 Å². The Bertz CT molecular complexity index is 720. The highest BCUT2D eigenvalue weighted by molar-refractivity contribution is 9.10. The van der Waals surface area contributed by atoms with E-state index in [-0.39, 0.29) is 5.91 Å². The molecule has 0 atom stereocenters. The summed E-state index contributed by atoms with van der Waals surface area (Å²) in [5.74, 6) is -0.0278. The van der Waals surface area contributed by atoms with E-state index >= 15 is 0 Å². The third-order valence-corrected chi connectivity index (χ3v) is 4.84. The van der Waals surface area contributed by atoms with Gasteiger partial charge in [-0.1, -0.05) is 0 Å². The number of carbonyl (C=O) groups excluding carboxylic acids is 1. The van der Waals surface area contributed by atoms with Gasteiger partial charge in [-0.15, -0.1) is 0 Å². The molecule has 1 fully saturated rings. The highest BCUT2D eigenvalue weighted by atomic mass is 79.9. The first kappa shape index (κ1) is 17.1. The molecule has 6 nitrogen and oxygen atoms in total. The smallest absolute Gasteiger partial charge is 0.272 e. The molecule has 124 valence electrons. The number of fused-ring (bicyclic) bond motifs is 1. The largest absolute Gasteiger partial charge is 0.334 e. The van der Waals surface area contributed by atoms with Crippen molar-refractivity contribution < 1.29 is 8.98 Å². The first-order valence-corrected chi connectivity index (χ1v) is 8.99. The Morgan fingerprint density at radius 1 is 1.43 bits per heavy atom. The molecule has 0 saturated heterocycles. The van der Waals surface area contributed by atoms with Crippen LogP contribution in [-0.4, -0.2) is 44.2 Å². The lowest BCUT2D eigenvalue weighted by Gasteiger charge is -2.22. The van der Waals surface area contributed by atoms with Gasteiger partial charge in [-0.05, 0) is 79.5 Å². The van der Waals surface area contributed by atoms with Gasteiger partial charge in [-0.2, -0.15) is 5.10 Å². The first-order valence-electron chi connectivity index (χ1n) is 7.43. The number of amides is 1. The molecule has 3 rings (SSSR count). The molecule has 2 heterocycles. The molecule has 1 aliphatic rings. The standard InChI is InChI=1S/C14H17BrN4O2S2/c15-13-12-11(19(22)17-13)6-5-10(16-12)14(20)18(9-3-4-9)7-1-2-8-21-23/h5-6,9,22-23H,1-4,7-8H2. The maximum absolute atomic E-state index is 12.8. The molecule has 2 aromatic rings. The number of rotatable bonds is 7. The minimum absolute atomic E-state index is 0.0278. The molecule has 1 amide bonds. The molecule has 0 unspecified atom stereocenters. The van der Waals surface area contributed by atoms with Gasteiger partial charge < -0.3 is 9.08 Å². The van der Waals surface area contributed by atoms with Crippen LogP contribution in [0.4, 0.5) is 0 Å². The van der Waals surface area contributed by atoms with Gasteiger partial charge in [0.15, 0.2) is 4.60 Å². The van der Waals surface area contributed by atoms with Gasteiger partial charge in [0.2, 0.25) is 0 Å². The van der Waals surface area contributed by atoms with Crippen molar-refractivity contribution in [2.75, 3.05) is 13.2 Å². The molecule has 2 aromatic heterocycles. The van der Waals surface area contributed by atoms with Crippen LogP contribution in [0, 0.1) is 0 Å². The summed E-state index contributed by atoms with van der Waals surface area (Å²) < 4.78 is 6.79. The van der Waals surface area contributed by atoms with E-state index in [0.29, 0.717) is 35.0 Å². The molecule has 0 aliphatic heterocycles. The summed E-state index contributed by atoms with van der Waals surface area (Å²) in [7, 11) is 0. The van der Waals surface area contributed by atoms with Gasteiger partial charge in [-0.3, -0.25) is 4.79 Å². The maximum atomic E-state index is 12.8. The summed E-state index contributed by atoms with van der Waals surface area (Å²) in [5, 5.41) is 4.14. The number of aromatic nitrogens is 3. The van der Waals surface area contributed by atoms with Gasteiger partial charge in [0, 0.05) is 12.6 Å². The molecule has 0 radical (unpaired) electrons. The Morgan fingerprint density at radius 3 is 2.91 bits per heavy atom. The van der Waals surface area contributed by atoms with Crippen LogP contribution in [0.1, 0.15) is 36.2 Å². The highest BCUT2D eigenvalue weighted by Crippen LogP contribution is 2.29. The van der Waals surface area contributed by atoms with Gasteiger partial charge >= 0.3 is 0 Å². The highest BCUT2D eigenvalue weighted by Gasteiger charge is 2.33. The van der Waals surface area contributed by atoms with E-state index in [1.807, 2.05) is 11.0 Å². The molecule has 0 N–H and O–H groups in total. The van der Waals surface area contributed by atoms with Crippen LogP contribution in [-0.2, 0) is 4.18 Å². The molecule has 0 spiro atoms. The zero-order valence-corrected chi connectivity index (χ0v) is 15.7. The topological polar surface area (TPSA) is 60.2 Å². The summed E-state index contributed by atoms with van der Waals surface area (Å²) >= 11 is 11.3. The second kappa shape index (κ2) is 7.42. The molecule has 0 bridgehead atoms. The summed E-state index contributed by atoms with van der Waals surface area (Å²) in [6.45, 7) is 1.31. The van der Waals surface area contributed by atoms with Crippen molar-refractivity contribution in [3.05, 3.63) is 22.4 Å². The number of carbonyl (C=O) groups is 1. The number of halogens is 1. The van der Waals surface area contributed by atoms with Crippen LogP contribution in [0.5, 0.6) is 0 Å². The fraction of sp³-hybridized carbons (Fsp3) is 0.500. The van der Waals surface area contributed by atoms with Crippen LogP contribution in [0.15, 0.2) is 16.7 Å². The second-order valence-corrected chi connectivity index (χ2v) is 6.90. The van der Waals surface area contributed by atoms with Crippen molar-refractivity contribution in [3.8, 4) is 0 Å². The summed E-state index contributed by atoms with van der Waals surface area (Å²) in [6.07, 6.45) is 3.90. The Morgan fingerprint density at radius 2 is 2.22 bits per heavy atom. The Labute approximate surface area is 153 Å². The molecule has 1 aliphatic carbocycles. The monoisotopic (exact) mass is 416 g/mol. The zero-order valence-electron chi connectivity index (χ0n) is 12.4. The van der Waals surface area contributed by atoms with E-state index < -0.39 is 0 Å². The van der Waals surface area contributed by atoms with E-state index in [2.05, 4.69) is 51.7 Å². The Kier molecular flexibility index (Phi) is 5.50. The van der Waals surface area contributed by atoms with Gasteiger partial charge in [0.05, 0.1) is 6.61 Å². The quantitative estimate of drug-likeness (QED) is 0.413. The van der Waals surface area contributed by atoms with E-state index in [1.54, 1.807) is 6.07 Å². The average Bonchev–Trinajstić information content (AvgIpc) is 3.34. The average molecular weight is 417 g/mol. The van der Waals surface area contributed by atoms with E-state index in [0.717, 1.165) is 31.2 Å². The molecule has 1 saturated carbocycles.